The van der Waals surface area contributed by atoms with Crippen LogP contribution in [0.15, 0.2) is 53.1 Å². The smallest absolute Gasteiger partial charge is 0.329 e. The summed E-state index contributed by atoms with van der Waals surface area (Å²) in [4.78, 5) is 47.9. The maximum absolute atomic E-state index is 12.3. The number of esters is 1. The number of nitrogens with one attached hydrogen (secondary N) is 4. The van der Waals surface area contributed by atoms with Gasteiger partial charge in [-0.2, -0.15) is 0 Å². The van der Waals surface area contributed by atoms with Crippen molar-refractivity contribution in [2.45, 2.75) is 26.4 Å². The molecule has 2 rings (SSSR count). The molecule has 5 amide bonds. The maximum Gasteiger partial charge on any atom is 0.329 e. The number of benzene rings is 1. The van der Waals surface area contributed by atoms with Gasteiger partial charge >= 0.3 is 18.0 Å². The van der Waals surface area contributed by atoms with Crippen molar-refractivity contribution in [2.24, 2.45) is 5.92 Å². The predicted molar refractivity (Wildman–Crippen MR) is 107 cm³/mol. The second-order valence-electron chi connectivity index (χ2n) is 6.60. The van der Waals surface area contributed by atoms with E-state index in [1.807, 2.05) is 5.32 Å². The predicted octanol–water partition coefficient (Wildman–Crippen LogP) is 1.99. The lowest BCUT2D eigenvalue weighted by atomic mass is 10.1. The molecule has 0 aliphatic carbocycles. The molecule has 1 heterocycles. The number of amides is 5. The van der Waals surface area contributed by atoms with Gasteiger partial charge in [0.15, 0.2) is 6.61 Å². The molecule has 0 aliphatic heterocycles. The molecule has 10 nitrogen and oxygen atoms in total. The summed E-state index contributed by atoms with van der Waals surface area (Å²) in [6.45, 7) is 2.87. The number of hydrogen-bond acceptors (Lipinski definition) is 6. The zero-order valence-electron chi connectivity index (χ0n) is 16.6. The second kappa shape index (κ2) is 11.2. The molecular weight excluding hydrogens is 392 g/mol. The minimum atomic E-state index is -0.978. The first-order valence-corrected chi connectivity index (χ1v) is 9.24. The van der Waals surface area contributed by atoms with Gasteiger partial charge in [0.05, 0.1) is 12.8 Å². The SMILES string of the molecule is CC(C)[C@H](NC(=O)Nc1ccccc1)C(=O)OCC(=O)NC(=O)NCc1ccco1. The van der Waals surface area contributed by atoms with Crippen molar-refractivity contribution in [3.63, 3.8) is 0 Å². The number of imide groups is 1. The van der Waals surface area contributed by atoms with Gasteiger partial charge in [0.2, 0.25) is 0 Å². The molecule has 0 saturated carbocycles. The first kappa shape index (κ1) is 22.5. The van der Waals surface area contributed by atoms with E-state index >= 15 is 0 Å². The Morgan fingerprint density at radius 2 is 1.73 bits per heavy atom. The Hall–Kier alpha value is -3.82. The molecule has 2 aromatic rings. The number of furan rings is 1. The molecule has 1 aromatic heterocycles. The van der Waals surface area contributed by atoms with E-state index in [-0.39, 0.29) is 12.5 Å². The number of rotatable bonds is 8. The van der Waals surface area contributed by atoms with Crippen LogP contribution < -0.4 is 21.3 Å². The Labute approximate surface area is 173 Å². The minimum absolute atomic E-state index is 0.0990. The van der Waals surface area contributed by atoms with Crippen LogP contribution in [0, 0.1) is 5.92 Å². The average Bonchev–Trinajstić information content (AvgIpc) is 3.23. The number of carbonyl (C=O) groups is 4. The van der Waals surface area contributed by atoms with Crippen LogP contribution in [0.5, 0.6) is 0 Å². The summed E-state index contributed by atoms with van der Waals surface area (Å²) in [5, 5.41) is 9.58. The Balaban J connectivity index is 1.76. The minimum Gasteiger partial charge on any atom is -0.467 e. The summed E-state index contributed by atoms with van der Waals surface area (Å²) in [5.74, 6) is -1.38. The van der Waals surface area contributed by atoms with E-state index in [2.05, 4.69) is 16.0 Å². The van der Waals surface area contributed by atoms with Gasteiger partial charge in [-0.05, 0) is 30.2 Å². The van der Waals surface area contributed by atoms with Crippen LogP contribution in [-0.4, -0.2) is 36.6 Å². The Kier molecular flexibility index (Phi) is 8.42. The fourth-order valence-electron chi connectivity index (χ4n) is 2.34. The van der Waals surface area contributed by atoms with E-state index in [9.17, 15) is 19.2 Å². The molecule has 160 valence electrons. The van der Waals surface area contributed by atoms with Crippen molar-refractivity contribution in [1.29, 1.82) is 0 Å². The zero-order chi connectivity index (χ0) is 21.9. The summed E-state index contributed by atoms with van der Waals surface area (Å²) < 4.78 is 9.99. The normalized spacial score (nSPS) is 11.3. The number of ether oxygens (including phenoxy) is 1. The molecule has 0 bridgehead atoms. The summed E-state index contributed by atoms with van der Waals surface area (Å²) in [5.41, 5.74) is 0.561. The largest absolute Gasteiger partial charge is 0.467 e. The molecule has 10 heteroatoms. The first-order chi connectivity index (χ1) is 14.3. The molecule has 0 fully saturated rings. The number of para-hydroxylation sites is 1. The molecule has 1 atom stereocenters. The average molecular weight is 416 g/mol. The highest BCUT2D eigenvalue weighted by molar-refractivity contribution is 5.96. The van der Waals surface area contributed by atoms with Gasteiger partial charge in [0, 0.05) is 5.69 Å². The third kappa shape index (κ3) is 7.66. The lowest BCUT2D eigenvalue weighted by Crippen LogP contribution is -2.48. The van der Waals surface area contributed by atoms with E-state index in [4.69, 9.17) is 9.15 Å². The summed E-state index contributed by atoms with van der Waals surface area (Å²) in [6, 6.07) is 9.73. The van der Waals surface area contributed by atoms with Crippen molar-refractivity contribution in [2.75, 3.05) is 11.9 Å². The van der Waals surface area contributed by atoms with Crippen LogP contribution in [0.3, 0.4) is 0 Å². The molecule has 0 radical (unpaired) electrons. The molecule has 1 aromatic carbocycles. The highest BCUT2D eigenvalue weighted by Crippen LogP contribution is 2.07. The lowest BCUT2D eigenvalue weighted by molar-refractivity contribution is -0.151. The van der Waals surface area contributed by atoms with Gasteiger partial charge in [0.25, 0.3) is 5.91 Å². The highest BCUT2D eigenvalue weighted by atomic mass is 16.5. The van der Waals surface area contributed by atoms with Crippen molar-refractivity contribution in [1.82, 2.24) is 16.0 Å². The fourth-order valence-corrected chi connectivity index (χ4v) is 2.34. The highest BCUT2D eigenvalue weighted by Gasteiger charge is 2.26. The quantitative estimate of drug-likeness (QED) is 0.486. The number of anilines is 1. The maximum atomic E-state index is 12.3. The third-order valence-electron chi connectivity index (χ3n) is 3.84. The monoisotopic (exact) mass is 416 g/mol. The van der Waals surface area contributed by atoms with Gasteiger partial charge in [-0.3, -0.25) is 10.1 Å². The van der Waals surface area contributed by atoms with Crippen LogP contribution in [-0.2, 0) is 20.9 Å². The molecule has 4 N–H and O–H groups in total. The molecule has 30 heavy (non-hydrogen) atoms. The van der Waals surface area contributed by atoms with E-state index in [1.54, 1.807) is 56.3 Å². The summed E-state index contributed by atoms with van der Waals surface area (Å²) in [6.07, 6.45) is 1.46. The Morgan fingerprint density at radius 3 is 2.37 bits per heavy atom. The van der Waals surface area contributed by atoms with Gasteiger partial charge in [-0.1, -0.05) is 32.0 Å². The molecule has 0 unspecified atom stereocenters. The van der Waals surface area contributed by atoms with Crippen LogP contribution in [0.1, 0.15) is 19.6 Å². The lowest BCUT2D eigenvalue weighted by Gasteiger charge is -2.21. The topological polar surface area (TPSA) is 139 Å². The van der Waals surface area contributed by atoms with Crippen LogP contribution >= 0.6 is 0 Å². The van der Waals surface area contributed by atoms with E-state index in [1.165, 1.54) is 6.26 Å². The number of hydrogen-bond donors (Lipinski definition) is 4. The van der Waals surface area contributed by atoms with Gasteiger partial charge in [-0.15, -0.1) is 0 Å². The standard InChI is InChI=1S/C20H24N4O6/c1-13(2)17(24-20(28)22-14-7-4-3-5-8-14)18(26)30-12-16(25)23-19(27)21-11-15-9-6-10-29-15/h3-10,13,17H,11-12H2,1-2H3,(H2,22,24,28)(H2,21,23,25,27)/t17-/m0/s1. The second-order valence-corrected chi connectivity index (χ2v) is 6.60. The van der Waals surface area contributed by atoms with Crippen molar-refractivity contribution < 1.29 is 28.3 Å². The van der Waals surface area contributed by atoms with Gasteiger partial charge in [-0.25, -0.2) is 14.4 Å². The first-order valence-electron chi connectivity index (χ1n) is 9.24. The van der Waals surface area contributed by atoms with Crippen molar-refractivity contribution >= 4 is 29.6 Å². The van der Waals surface area contributed by atoms with Crippen molar-refractivity contribution in [3.8, 4) is 0 Å². The van der Waals surface area contributed by atoms with E-state index < -0.39 is 36.6 Å². The zero-order valence-corrected chi connectivity index (χ0v) is 16.6. The van der Waals surface area contributed by atoms with Gasteiger partial charge < -0.3 is 25.1 Å². The number of carbonyl (C=O) groups excluding carboxylic acids is 4. The fraction of sp³-hybridized carbons (Fsp3) is 0.300. The molecule has 0 spiro atoms. The number of urea groups is 2. The van der Waals surface area contributed by atoms with Gasteiger partial charge in [0.1, 0.15) is 11.8 Å². The van der Waals surface area contributed by atoms with E-state index in [0.29, 0.717) is 11.4 Å². The van der Waals surface area contributed by atoms with Crippen molar-refractivity contribution in [3.05, 3.63) is 54.5 Å². The van der Waals surface area contributed by atoms with Crippen LogP contribution in [0.4, 0.5) is 15.3 Å². The Morgan fingerprint density at radius 1 is 1.00 bits per heavy atom. The third-order valence-corrected chi connectivity index (χ3v) is 3.84. The van der Waals surface area contributed by atoms with E-state index in [0.717, 1.165) is 0 Å². The summed E-state index contributed by atoms with van der Waals surface area (Å²) >= 11 is 0. The van der Waals surface area contributed by atoms with Crippen LogP contribution in [0.25, 0.3) is 0 Å². The Bertz CT molecular complexity index is 851. The molecule has 0 aliphatic rings. The molecular formula is C20H24N4O6. The van der Waals surface area contributed by atoms with Crippen LogP contribution in [0.2, 0.25) is 0 Å². The summed E-state index contributed by atoms with van der Waals surface area (Å²) in [7, 11) is 0. The molecule has 0 saturated heterocycles.